The number of aryl methyl sites for hydroxylation is 1. The van der Waals surface area contributed by atoms with Crippen molar-refractivity contribution in [2.45, 2.75) is 44.9 Å². The van der Waals surface area contributed by atoms with Gasteiger partial charge in [-0.05, 0) is 44.0 Å². The van der Waals surface area contributed by atoms with Crippen molar-refractivity contribution in [2.75, 3.05) is 6.54 Å². The van der Waals surface area contributed by atoms with Crippen molar-refractivity contribution >= 4 is 29.1 Å². The van der Waals surface area contributed by atoms with Crippen LogP contribution in [0.1, 0.15) is 30.4 Å². The van der Waals surface area contributed by atoms with Crippen molar-refractivity contribution in [1.29, 1.82) is 5.26 Å². The van der Waals surface area contributed by atoms with E-state index in [4.69, 9.17) is 5.26 Å². The molecule has 0 bridgehead atoms. The molecule has 1 aliphatic rings. The number of halogens is 1. The summed E-state index contributed by atoms with van der Waals surface area (Å²) in [5, 5.41) is 22.5. The number of nitrogens with zero attached hydrogens (tertiary/aromatic N) is 3. The third-order valence-electron chi connectivity index (χ3n) is 4.59. The summed E-state index contributed by atoms with van der Waals surface area (Å²) < 4.78 is 1.26. The zero-order valence-corrected chi connectivity index (χ0v) is 15.3. The van der Waals surface area contributed by atoms with Crippen LogP contribution in [0.25, 0.3) is 10.9 Å². The van der Waals surface area contributed by atoms with Crippen LogP contribution in [0.5, 0.6) is 0 Å². The summed E-state index contributed by atoms with van der Waals surface area (Å²) in [6, 6.07) is 4.95. The molecule has 0 saturated carbocycles. The van der Waals surface area contributed by atoms with Gasteiger partial charge in [0.2, 0.25) is 0 Å². The molecular formula is C18H21ClN4O3. The number of fused-ring (bicyclic) bond motifs is 1. The molecule has 138 valence electrons. The molecule has 2 aromatic rings. The first-order valence-electron chi connectivity index (χ1n) is 8.32. The number of benzene rings is 1. The maximum atomic E-state index is 12.6. The number of piperidine rings is 1. The molecule has 0 amide bonds. The Balaban J connectivity index is 0.00000243. The van der Waals surface area contributed by atoms with Gasteiger partial charge in [0, 0.05) is 12.5 Å². The Labute approximate surface area is 157 Å². The topological polar surface area (TPSA) is 108 Å². The van der Waals surface area contributed by atoms with Gasteiger partial charge in [0.15, 0.2) is 5.78 Å². The largest absolute Gasteiger partial charge is 0.391 e. The van der Waals surface area contributed by atoms with Crippen LogP contribution in [0.15, 0.2) is 23.3 Å². The minimum atomic E-state index is -0.537. The first kappa shape index (κ1) is 20.0. The van der Waals surface area contributed by atoms with E-state index in [1.54, 1.807) is 13.0 Å². The number of ketones is 1. The summed E-state index contributed by atoms with van der Waals surface area (Å²) in [7, 11) is 0. The van der Waals surface area contributed by atoms with Crippen molar-refractivity contribution in [2.24, 2.45) is 0 Å². The van der Waals surface area contributed by atoms with E-state index in [0.717, 1.165) is 18.5 Å². The maximum absolute atomic E-state index is 12.6. The van der Waals surface area contributed by atoms with Crippen molar-refractivity contribution < 1.29 is 9.90 Å². The molecule has 7 nitrogen and oxygen atoms in total. The van der Waals surface area contributed by atoms with Gasteiger partial charge >= 0.3 is 0 Å². The van der Waals surface area contributed by atoms with Crippen LogP contribution in [0.2, 0.25) is 0 Å². The molecule has 8 heteroatoms. The van der Waals surface area contributed by atoms with E-state index in [1.165, 1.54) is 17.0 Å². The third kappa shape index (κ3) is 4.10. The predicted molar refractivity (Wildman–Crippen MR) is 99.4 cm³/mol. The van der Waals surface area contributed by atoms with Crippen molar-refractivity contribution in [1.82, 2.24) is 14.9 Å². The van der Waals surface area contributed by atoms with Crippen LogP contribution in [0, 0.1) is 18.3 Å². The van der Waals surface area contributed by atoms with Gasteiger partial charge in [0.1, 0.15) is 0 Å². The van der Waals surface area contributed by atoms with E-state index in [2.05, 4.69) is 10.3 Å². The number of Topliss-reactive ketones (excluding diaryl/α,β-unsaturated/α-hetero) is 1. The Morgan fingerprint density at radius 1 is 1.50 bits per heavy atom. The van der Waals surface area contributed by atoms with E-state index in [9.17, 15) is 14.7 Å². The molecule has 1 aromatic carbocycles. The average molecular weight is 377 g/mol. The number of aliphatic hydroxyl groups is 1. The predicted octanol–water partition coefficient (Wildman–Crippen LogP) is 1.07. The minimum Gasteiger partial charge on any atom is -0.391 e. The fraction of sp³-hybridized carbons (Fsp3) is 0.444. The van der Waals surface area contributed by atoms with Crippen molar-refractivity contribution in [3.63, 3.8) is 0 Å². The number of hydrogen-bond acceptors (Lipinski definition) is 6. The number of nitrogens with one attached hydrogen (secondary N) is 1. The quantitative estimate of drug-likeness (QED) is 0.826. The first-order valence-corrected chi connectivity index (χ1v) is 8.32. The summed E-state index contributed by atoms with van der Waals surface area (Å²) >= 11 is 0. The van der Waals surface area contributed by atoms with Gasteiger partial charge in [0.05, 0.1) is 41.5 Å². The van der Waals surface area contributed by atoms with Gasteiger partial charge < -0.3 is 10.4 Å². The summed E-state index contributed by atoms with van der Waals surface area (Å²) in [6.07, 6.45) is 2.57. The summed E-state index contributed by atoms with van der Waals surface area (Å²) in [5.74, 6) is -0.144. The fourth-order valence-corrected chi connectivity index (χ4v) is 3.27. The number of carbonyl (C=O) groups excluding carboxylic acids is 1. The number of hydrogen-bond donors (Lipinski definition) is 2. The molecule has 26 heavy (non-hydrogen) atoms. The minimum absolute atomic E-state index is 0. The highest BCUT2D eigenvalue weighted by Crippen LogP contribution is 2.15. The highest BCUT2D eigenvalue weighted by atomic mass is 35.5. The van der Waals surface area contributed by atoms with Crippen LogP contribution in [-0.4, -0.2) is 39.1 Å². The van der Waals surface area contributed by atoms with Gasteiger partial charge in [0.25, 0.3) is 5.56 Å². The lowest BCUT2D eigenvalue weighted by atomic mass is 9.97. The molecule has 2 heterocycles. The Morgan fingerprint density at radius 3 is 2.96 bits per heavy atom. The Morgan fingerprint density at radius 2 is 2.27 bits per heavy atom. The zero-order chi connectivity index (χ0) is 18.0. The van der Waals surface area contributed by atoms with E-state index >= 15 is 0 Å². The second-order valence-electron chi connectivity index (χ2n) is 6.49. The van der Waals surface area contributed by atoms with E-state index in [1.807, 2.05) is 6.07 Å². The lowest BCUT2D eigenvalue weighted by Crippen LogP contribution is -2.46. The number of aliphatic hydroxyl groups excluding tert-OH is 1. The molecule has 1 aliphatic heterocycles. The molecule has 2 N–H and O–H groups in total. The van der Waals surface area contributed by atoms with Gasteiger partial charge in [-0.25, -0.2) is 4.98 Å². The van der Waals surface area contributed by atoms with Gasteiger partial charge in [-0.2, -0.15) is 5.26 Å². The molecule has 0 aliphatic carbocycles. The number of rotatable bonds is 4. The van der Waals surface area contributed by atoms with Crippen molar-refractivity contribution in [3.8, 4) is 6.07 Å². The van der Waals surface area contributed by atoms with Crippen molar-refractivity contribution in [3.05, 3.63) is 39.9 Å². The Kier molecular flexibility index (Phi) is 6.48. The summed E-state index contributed by atoms with van der Waals surface area (Å²) in [5.41, 5.74) is 1.34. The highest BCUT2D eigenvalue weighted by Gasteiger charge is 2.25. The second kappa shape index (κ2) is 8.41. The second-order valence-corrected chi connectivity index (χ2v) is 6.49. The van der Waals surface area contributed by atoms with Crippen LogP contribution in [0.3, 0.4) is 0 Å². The number of aromatic nitrogens is 2. The van der Waals surface area contributed by atoms with Crippen LogP contribution in [0.4, 0.5) is 0 Å². The van der Waals surface area contributed by atoms with Gasteiger partial charge in [-0.15, -0.1) is 12.4 Å². The standard InChI is InChI=1S/C18H20N4O3.ClH/c1-11-5-12(8-19)6-14-17(11)21-10-22(18(14)25)9-13(23)7-15-16(24)3-2-4-20-15;/h5-6,10,15-16,20,24H,2-4,7,9H2,1H3;1H/t15-,16+;/m1./s1. The third-order valence-corrected chi connectivity index (χ3v) is 4.59. The summed E-state index contributed by atoms with van der Waals surface area (Å²) in [6.45, 7) is 2.48. The molecule has 2 atom stereocenters. The van der Waals surface area contributed by atoms with E-state index in [-0.39, 0.29) is 42.8 Å². The monoisotopic (exact) mass is 376 g/mol. The number of carbonyl (C=O) groups is 1. The molecule has 3 rings (SSSR count). The molecule has 1 aromatic heterocycles. The lowest BCUT2D eigenvalue weighted by molar-refractivity contribution is -0.121. The van der Waals surface area contributed by atoms with E-state index < -0.39 is 6.10 Å². The van der Waals surface area contributed by atoms with Crippen LogP contribution in [-0.2, 0) is 11.3 Å². The van der Waals surface area contributed by atoms with Gasteiger partial charge in [-0.1, -0.05) is 0 Å². The van der Waals surface area contributed by atoms with Crippen LogP contribution >= 0.6 is 12.4 Å². The van der Waals surface area contributed by atoms with Crippen LogP contribution < -0.4 is 10.9 Å². The maximum Gasteiger partial charge on any atom is 0.261 e. The molecule has 0 radical (unpaired) electrons. The molecular weight excluding hydrogens is 356 g/mol. The average Bonchev–Trinajstić information content (AvgIpc) is 2.59. The molecule has 1 saturated heterocycles. The van der Waals surface area contributed by atoms with Gasteiger partial charge in [-0.3, -0.25) is 14.2 Å². The summed E-state index contributed by atoms with van der Waals surface area (Å²) in [4.78, 5) is 29.2. The zero-order valence-electron chi connectivity index (χ0n) is 14.4. The highest BCUT2D eigenvalue weighted by molar-refractivity contribution is 5.85. The number of nitriles is 1. The normalized spacial score (nSPS) is 19.6. The smallest absolute Gasteiger partial charge is 0.261 e. The lowest BCUT2D eigenvalue weighted by Gasteiger charge is -2.28. The first-order chi connectivity index (χ1) is 12.0. The Bertz CT molecular complexity index is 919. The SMILES string of the molecule is Cc1cc(C#N)cc2c(=O)n(CC(=O)C[C@H]3NCCC[C@@H]3O)cnc12.Cl. The van der Waals surface area contributed by atoms with E-state index in [0.29, 0.717) is 22.9 Å². The molecule has 0 spiro atoms. The molecule has 1 fully saturated rings. The fourth-order valence-electron chi connectivity index (χ4n) is 3.27. The molecule has 0 unspecified atom stereocenters. The Hall–Kier alpha value is -2.27.